The van der Waals surface area contributed by atoms with Gasteiger partial charge in [-0.3, -0.25) is 4.79 Å². The summed E-state index contributed by atoms with van der Waals surface area (Å²) in [7, 11) is 0. The van der Waals surface area contributed by atoms with E-state index in [1.54, 1.807) is 24.3 Å². The molecule has 0 saturated carbocycles. The second-order valence-corrected chi connectivity index (χ2v) is 4.08. The Bertz CT molecular complexity index is 435. The topological polar surface area (TPSA) is 64.3 Å². The molecule has 1 aromatic carbocycles. The van der Waals surface area contributed by atoms with Gasteiger partial charge in [-0.15, -0.1) is 0 Å². The maximum absolute atomic E-state index is 12.0. The van der Waals surface area contributed by atoms with Crippen LogP contribution in [-0.4, -0.2) is 28.5 Å². The molecule has 4 nitrogen and oxygen atoms in total. The highest BCUT2D eigenvalue weighted by atomic mass is 16.3. The average molecular weight is 232 g/mol. The first-order valence-electron chi connectivity index (χ1n) is 5.49. The van der Waals surface area contributed by atoms with Crippen molar-refractivity contribution < 1.29 is 9.90 Å². The van der Waals surface area contributed by atoms with Crippen LogP contribution in [0.25, 0.3) is 0 Å². The third-order valence-corrected chi connectivity index (χ3v) is 2.52. The zero-order valence-electron chi connectivity index (χ0n) is 10.1. The van der Waals surface area contributed by atoms with Gasteiger partial charge in [0.25, 0.3) is 0 Å². The molecule has 0 heterocycles. The number of phenolic OH excluding ortho intramolecular Hbond substituents is 1. The van der Waals surface area contributed by atoms with Gasteiger partial charge in [0.05, 0.1) is 12.5 Å². The van der Waals surface area contributed by atoms with Gasteiger partial charge in [-0.1, -0.05) is 18.2 Å². The van der Waals surface area contributed by atoms with E-state index in [9.17, 15) is 9.90 Å². The SMILES string of the molecule is CC(C)N(CC#N)C(=O)Cc1ccccc1O. The van der Waals surface area contributed by atoms with E-state index in [-0.39, 0.29) is 30.7 Å². The van der Waals surface area contributed by atoms with E-state index in [2.05, 4.69) is 0 Å². The number of nitriles is 1. The van der Waals surface area contributed by atoms with E-state index in [4.69, 9.17) is 5.26 Å². The van der Waals surface area contributed by atoms with E-state index >= 15 is 0 Å². The number of carbonyl (C=O) groups excluding carboxylic acids is 1. The highest BCUT2D eigenvalue weighted by molar-refractivity contribution is 5.80. The van der Waals surface area contributed by atoms with Crippen molar-refractivity contribution in [2.24, 2.45) is 0 Å². The number of para-hydroxylation sites is 1. The summed E-state index contributed by atoms with van der Waals surface area (Å²) in [5.74, 6) is -0.0374. The monoisotopic (exact) mass is 232 g/mol. The molecule has 0 radical (unpaired) electrons. The lowest BCUT2D eigenvalue weighted by molar-refractivity contribution is -0.131. The van der Waals surface area contributed by atoms with E-state index in [0.717, 1.165) is 0 Å². The number of phenols is 1. The normalized spacial score (nSPS) is 10.0. The van der Waals surface area contributed by atoms with Crippen molar-refractivity contribution in [3.05, 3.63) is 29.8 Å². The van der Waals surface area contributed by atoms with Crippen LogP contribution in [0.5, 0.6) is 5.75 Å². The fourth-order valence-corrected chi connectivity index (χ4v) is 1.56. The molecule has 0 aromatic heterocycles. The molecule has 17 heavy (non-hydrogen) atoms. The predicted octanol–water partition coefficient (Wildman–Crippen LogP) is 1.70. The summed E-state index contributed by atoms with van der Waals surface area (Å²) < 4.78 is 0. The Kier molecular flexibility index (Phi) is 4.53. The number of rotatable bonds is 4. The van der Waals surface area contributed by atoms with Crippen molar-refractivity contribution in [1.82, 2.24) is 4.90 Å². The number of carbonyl (C=O) groups is 1. The van der Waals surface area contributed by atoms with Gasteiger partial charge in [0.1, 0.15) is 12.3 Å². The van der Waals surface area contributed by atoms with Crippen LogP contribution >= 0.6 is 0 Å². The molecule has 0 spiro atoms. The minimum absolute atomic E-state index is 0.0204. The maximum atomic E-state index is 12.0. The van der Waals surface area contributed by atoms with Crippen molar-refractivity contribution >= 4 is 5.91 Å². The molecule has 0 atom stereocenters. The van der Waals surface area contributed by atoms with E-state index in [1.807, 2.05) is 19.9 Å². The molecular weight excluding hydrogens is 216 g/mol. The molecule has 0 bridgehead atoms. The number of benzene rings is 1. The van der Waals surface area contributed by atoms with Gasteiger partial charge in [-0.2, -0.15) is 5.26 Å². The Hall–Kier alpha value is -2.02. The highest BCUT2D eigenvalue weighted by Gasteiger charge is 2.17. The van der Waals surface area contributed by atoms with Gasteiger partial charge >= 0.3 is 0 Å². The van der Waals surface area contributed by atoms with Crippen molar-refractivity contribution in [3.63, 3.8) is 0 Å². The highest BCUT2D eigenvalue weighted by Crippen LogP contribution is 2.17. The van der Waals surface area contributed by atoms with Crippen molar-refractivity contribution in [1.29, 1.82) is 5.26 Å². The molecule has 1 rings (SSSR count). The van der Waals surface area contributed by atoms with E-state index in [1.165, 1.54) is 4.90 Å². The molecule has 0 aliphatic rings. The van der Waals surface area contributed by atoms with Gasteiger partial charge < -0.3 is 10.0 Å². The summed E-state index contributed by atoms with van der Waals surface area (Å²) >= 11 is 0. The number of nitrogens with zero attached hydrogens (tertiary/aromatic N) is 2. The standard InChI is InChI=1S/C13H16N2O2/c1-10(2)15(8-7-14)13(17)9-11-5-3-4-6-12(11)16/h3-6,10,16H,8-9H2,1-2H3. The number of hydrogen-bond acceptors (Lipinski definition) is 3. The van der Waals surface area contributed by atoms with Crippen LogP contribution in [0, 0.1) is 11.3 Å². The maximum Gasteiger partial charge on any atom is 0.228 e. The van der Waals surface area contributed by atoms with Crippen molar-refractivity contribution in [3.8, 4) is 11.8 Å². The molecule has 1 amide bonds. The van der Waals surface area contributed by atoms with Crippen molar-refractivity contribution in [2.45, 2.75) is 26.3 Å². The second-order valence-electron chi connectivity index (χ2n) is 4.08. The zero-order valence-corrected chi connectivity index (χ0v) is 10.1. The first kappa shape index (κ1) is 13.0. The quantitative estimate of drug-likeness (QED) is 0.803. The van der Waals surface area contributed by atoms with Gasteiger partial charge in [-0.05, 0) is 19.9 Å². The Morgan fingerprint density at radius 3 is 2.65 bits per heavy atom. The third kappa shape index (κ3) is 3.49. The molecule has 0 unspecified atom stereocenters. The lowest BCUT2D eigenvalue weighted by Gasteiger charge is -2.23. The van der Waals surface area contributed by atoms with Crippen LogP contribution in [0.1, 0.15) is 19.4 Å². The van der Waals surface area contributed by atoms with Gasteiger partial charge in [0, 0.05) is 11.6 Å². The molecular formula is C13H16N2O2. The summed E-state index contributed by atoms with van der Waals surface area (Å²) in [6, 6.07) is 8.68. The van der Waals surface area contributed by atoms with Gasteiger partial charge in [0.15, 0.2) is 0 Å². The van der Waals surface area contributed by atoms with Crippen LogP contribution in [0.2, 0.25) is 0 Å². The molecule has 90 valence electrons. The Labute approximate surface area is 101 Å². The van der Waals surface area contributed by atoms with Gasteiger partial charge in [0.2, 0.25) is 5.91 Å². The molecule has 0 saturated heterocycles. The van der Waals surface area contributed by atoms with Crippen LogP contribution in [0.4, 0.5) is 0 Å². The van der Waals surface area contributed by atoms with Crippen LogP contribution in [0.15, 0.2) is 24.3 Å². The summed E-state index contributed by atoms with van der Waals surface area (Å²) in [5, 5.41) is 18.2. The first-order chi connectivity index (χ1) is 8.06. The third-order valence-electron chi connectivity index (χ3n) is 2.52. The largest absolute Gasteiger partial charge is 0.508 e. The number of hydrogen-bond donors (Lipinski definition) is 1. The summed E-state index contributed by atoms with van der Waals surface area (Å²) in [5.41, 5.74) is 0.584. The molecule has 1 aromatic rings. The van der Waals surface area contributed by atoms with Crippen LogP contribution in [0.3, 0.4) is 0 Å². The fraction of sp³-hybridized carbons (Fsp3) is 0.385. The minimum Gasteiger partial charge on any atom is -0.508 e. The molecule has 0 fully saturated rings. The lowest BCUT2D eigenvalue weighted by atomic mass is 10.1. The molecule has 1 N–H and O–H groups in total. The summed E-state index contributed by atoms with van der Waals surface area (Å²) in [6.07, 6.45) is 0.118. The number of amides is 1. The summed E-state index contributed by atoms with van der Waals surface area (Å²) in [4.78, 5) is 13.5. The van der Waals surface area contributed by atoms with E-state index < -0.39 is 0 Å². The van der Waals surface area contributed by atoms with Crippen molar-refractivity contribution in [2.75, 3.05) is 6.54 Å². The summed E-state index contributed by atoms with van der Waals surface area (Å²) in [6.45, 7) is 3.80. The lowest BCUT2D eigenvalue weighted by Crippen LogP contribution is -2.38. The van der Waals surface area contributed by atoms with Crippen LogP contribution < -0.4 is 0 Å². The average Bonchev–Trinajstić information content (AvgIpc) is 2.28. The fourth-order valence-electron chi connectivity index (χ4n) is 1.56. The minimum atomic E-state index is -0.150. The second kappa shape index (κ2) is 5.90. The Morgan fingerprint density at radius 2 is 2.12 bits per heavy atom. The molecule has 0 aliphatic heterocycles. The molecule has 4 heteroatoms. The predicted molar refractivity (Wildman–Crippen MR) is 64.3 cm³/mol. The number of aromatic hydroxyl groups is 1. The van der Waals surface area contributed by atoms with E-state index in [0.29, 0.717) is 5.56 Å². The Morgan fingerprint density at radius 1 is 1.47 bits per heavy atom. The van der Waals surface area contributed by atoms with Gasteiger partial charge in [-0.25, -0.2) is 0 Å². The Balaban J connectivity index is 2.78. The smallest absolute Gasteiger partial charge is 0.228 e. The zero-order chi connectivity index (χ0) is 12.8. The van der Waals surface area contributed by atoms with Crippen LogP contribution in [-0.2, 0) is 11.2 Å². The first-order valence-corrected chi connectivity index (χ1v) is 5.49. The molecule has 0 aliphatic carbocycles.